The summed E-state index contributed by atoms with van der Waals surface area (Å²) in [5.41, 5.74) is 6.13. The second-order valence-corrected chi connectivity index (χ2v) is 4.82. The Morgan fingerprint density at radius 1 is 1.42 bits per heavy atom. The predicted octanol–water partition coefficient (Wildman–Crippen LogP) is 2.09. The van der Waals surface area contributed by atoms with E-state index in [1.54, 1.807) is 12.1 Å². The molecule has 1 rings (SSSR count). The zero-order valence-electron chi connectivity index (χ0n) is 11.1. The van der Waals surface area contributed by atoms with Gasteiger partial charge < -0.3 is 20.3 Å². The first-order valence-electron chi connectivity index (χ1n) is 5.86. The van der Waals surface area contributed by atoms with Crippen LogP contribution in [0.1, 0.15) is 19.4 Å². The molecule has 0 spiro atoms. The molecule has 1 aromatic rings. The van der Waals surface area contributed by atoms with Crippen LogP contribution < -0.4 is 15.2 Å². The molecule has 0 aliphatic carbocycles. The number of carboxylic acid groups (broad SMARTS) is 1. The van der Waals surface area contributed by atoms with Crippen molar-refractivity contribution in [3.05, 3.63) is 22.7 Å². The van der Waals surface area contributed by atoms with E-state index < -0.39 is 12.0 Å². The topological polar surface area (TPSA) is 81.8 Å². The van der Waals surface area contributed by atoms with Crippen LogP contribution in [0.4, 0.5) is 0 Å². The second kappa shape index (κ2) is 6.63. The summed E-state index contributed by atoms with van der Waals surface area (Å²) in [6.45, 7) is 3.77. The fraction of sp³-hybridized carbons (Fsp3) is 0.462. The molecule has 0 amide bonds. The highest BCUT2D eigenvalue weighted by Crippen LogP contribution is 2.34. The zero-order valence-corrected chi connectivity index (χ0v) is 11.9. The van der Waals surface area contributed by atoms with Crippen molar-refractivity contribution in [2.75, 3.05) is 7.11 Å². The molecular formula is C13H18ClNO4. The zero-order chi connectivity index (χ0) is 14.6. The number of hydrogen-bond acceptors (Lipinski definition) is 4. The lowest BCUT2D eigenvalue weighted by atomic mass is 10.1. The van der Waals surface area contributed by atoms with Crippen molar-refractivity contribution in [2.24, 2.45) is 5.73 Å². The number of hydrogen-bond donors (Lipinski definition) is 2. The summed E-state index contributed by atoms with van der Waals surface area (Å²) in [7, 11) is 1.52. The lowest BCUT2D eigenvalue weighted by Gasteiger charge is -2.16. The average molecular weight is 288 g/mol. The molecule has 1 aromatic carbocycles. The van der Waals surface area contributed by atoms with E-state index in [2.05, 4.69) is 0 Å². The maximum atomic E-state index is 10.8. The van der Waals surface area contributed by atoms with Gasteiger partial charge in [-0.05, 0) is 31.9 Å². The largest absolute Gasteiger partial charge is 0.493 e. The summed E-state index contributed by atoms with van der Waals surface area (Å²) in [6.07, 6.45) is 0.100. The molecule has 0 radical (unpaired) electrons. The van der Waals surface area contributed by atoms with E-state index in [4.69, 9.17) is 31.9 Å². The van der Waals surface area contributed by atoms with Gasteiger partial charge in [0.05, 0.1) is 13.2 Å². The number of carbonyl (C=O) groups is 1. The minimum absolute atomic E-state index is 0.0314. The molecule has 3 N–H and O–H groups in total. The van der Waals surface area contributed by atoms with E-state index in [0.29, 0.717) is 22.1 Å². The van der Waals surface area contributed by atoms with Crippen molar-refractivity contribution >= 4 is 17.6 Å². The van der Waals surface area contributed by atoms with E-state index in [1.165, 1.54) is 7.11 Å². The van der Waals surface area contributed by atoms with Gasteiger partial charge in [-0.25, -0.2) is 0 Å². The third kappa shape index (κ3) is 4.29. The third-order valence-electron chi connectivity index (χ3n) is 2.45. The Kier molecular flexibility index (Phi) is 5.44. The number of methoxy groups -OCH3 is 1. The van der Waals surface area contributed by atoms with E-state index >= 15 is 0 Å². The van der Waals surface area contributed by atoms with Crippen molar-refractivity contribution in [1.29, 1.82) is 0 Å². The Balaban J connectivity index is 3.08. The lowest BCUT2D eigenvalue weighted by molar-refractivity contribution is -0.138. The van der Waals surface area contributed by atoms with Crippen molar-refractivity contribution in [1.82, 2.24) is 0 Å². The summed E-state index contributed by atoms with van der Waals surface area (Å²) in [5, 5.41) is 9.23. The second-order valence-electron chi connectivity index (χ2n) is 4.41. The maximum Gasteiger partial charge on any atom is 0.320 e. The Bertz CT molecular complexity index is 462. The molecule has 0 fully saturated rings. The molecule has 0 aliphatic heterocycles. The van der Waals surface area contributed by atoms with Crippen molar-refractivity contribution in [3.63, 3.8) is 0 Å². The Morgan fingerprint density at radius 3 is 2.53 bits per heavy atom. The molecule has 1 atom stereocenters. The molecule has 0 aliphatic rings. The highest BCUT2D eigenvalue weighted by Gasteiger charge is 2.17. The van der Waals surface area contributed by atoms with Gasteiger partial charge in [-0.1, -0.05) is 11.6 Å². The SMILES string of the molecule is COc1cc(Cl)c(CC(N)C(=O)O)cc1OC(C)C. The summed E-state index contributed by atoms with van der Waals surface area (Å²) >= 11 is 6.08. The van der Waals surface area contributed by atoms with Gasteiger partial charge in [0, 0.05) is 11.1 Å². The molecule has 19 heavy (non-hydrogen) atoms. The molecule has 0 saturated carbocycles. The standard InChI is InChI=1S/C13H18ClNO4/c1-7(2)19-12-5-8(4-10(15)13(16)17)9(14)6-11(12)18-3/h5-7,10H,4,15H2,1-3H3,(H,16,17). The number of nitrogens with two attached hydrogens (primary N) is 1. The summed E-state index contributed by atoms with van der Waals surface area (Å²) in [6, 6.07) is 2.27. The first-order valence-corrected chi connectivity index (χ1v) is 6.24. The van der Waals surface area contributed by atoms with Crippen LogP contribution in [0.15, 0.2) is 12.1 Å². The smallest absolute Gasteiger partial charge is 0.320 e. The van der Waals surface area contributed by atoms with Gasteiger partial charge in [0.1, 0.15) is 6.04 Å². The molecule has 6 heteroatoms. The number of rotatable bonds is 6. The van der Waals surface area contributed by atoms with Gasteiger partial charge >= 0.3 is 5.97 Å². The minimum Gasteiger partial charge on any atom is -0.493 e. The average Bonchev–Trinajstić information content (AvgIpc) is 2.31. The summed E-state index contributed by atoms with van der Waals surface area (Å²) in [4.78, 5) is 10.8. The molecule has 1 unspecified atom stereocenters. The predicted molar refractivity (Wildman–Crippen MR) is 73.1 cm³/mol. The van der Waals surface area contributed by atoms with Gasteiger partial charge in [0.25, 0.3) is 0 Å². The molecule has 0 heterocycles. The Hall–Kier alpha value is -1.46. The lowest BCUT2D eigenvalue weighted by Crippen LogP contribution is -2.32. The van der Waals surface area contributed by atoms with Crippen molar-refractivity contribution in [3.8, 4) is 11.5 Å². The summed E-state index contributed by atoms with van der Waals surface area (Å²) in [5.74, 6) is -0.0425. The molecule has 106 valence electrons. The van der Waals surface area contributed by atoms with E-state index in [0.717, 1.165) is 0 Å². The first kappa shape index (κ1) is 15.6. The third-order valence-corrected chi connectivity index (χ3v) is 2.80. The normalized spacial score (nSPS) is 12.3. The van der Waals surface area contributed by atoms with Crippen molar-refractivity contribution in [2.45, 2.75) is 32.4 Å². The monoisotopic (exact) mass is 287 g/mol. The number of ether oxygens (including phenoxy) is 2. The Labute approximate surface area is 117 Å². The number of halogens is 1. The number of carboxylic acids is 1. The molecule has 5 nitrogen and oxygen atoms in total. The molecule has 0 aromatic heterocycles. The van der Waals surface area contributed by atoms with Crippen LogP contribution >= 0.6 is 11.6 Å². The molecule has 0 bridgehead atoms. The number of aliphatic carboxylic acids is 1. The maximum absolute atomic E-state index is 10.8. The van der Waals surface area contributed by atoms with E-state index in [9.17, 15) is 4.79 Å². The van der Waals surface area contributed by atoms with Gasteiger partial charge in [-0.3, -0.25) is 4.79 Å². The fourth-order valence-corrected chi connectivity index (χ4v) is 1.79. The molecule has 0 saturated heterocycles. The van der Waals surface area contributed by atoms with E-state index in [-0.39, 0.29) is 12.5 Å². The van der Waals surface area contributed by atoms with Crippen LogP contribution in [0.25, 0.3) is 0 Å². The van der Waals surface area contributed by atoms with Crippen LogP contribution in [0.5, 0.6) is 11.5 Å². The number of benzene rings is 1. The van der Waals surface area contributed by atoms with Crippen LogP contribution in [0.2, 0.25) is 5.02 Å². The highest BCUT2D eigenvalue weighted by atomic mass is 35.5. The highest BCUT2D eigenvalue weighted by molar-refractivity contribution is 6.31. The van der Waals surface area contributed by atoms with Crippen LogP contribution in [-0.4, -0.2) is 30.3 Å². The molecular weight excluding hydrogens is 270 g/mol. The van der Waals surface area contributed by atoms with Crippen LogP contribution in [-0.2, 0) is 11.2 Å². The van der Waals surface area contributed by atoms with Crippen LogP contribution in [0, 0.1) is 0 Å². The van der Waals surface area contributed by atoms with Gasteiger partial charge in [-0.15, -0.1) is 0 Å². The van der Waals surface area contributed by atoms with Gasteiger partial charge in [0.15, 0.2) is 11.5 Å². The van der Waals surface area contributed by atoms with Gasteiger partial charge in [-0.2, -0.15) is 0 Å². The summed E-state index contributed by atoms with van der Waals surface area (Å²) < 4.78 is 10.8. The first-order chi connectivity index (χ1) is 8.85. The fourth-order valence-electron chi connectivity index (χ4n) is 1.56. The van der Waals surface area contributed by atoms with E-state index in [1.807, 2.05) is 13.8 Å². The van der Waals surface area contributed by atoms with Crippen LogP contribution in [0.3, 0.4) is 0 Å². The van der Waals surface area contributed by atoms with Gasteiger partial charge in [0.2, 0.25) is 0 Å². The van der Waals surface area contributed by atoms with Crippen molar-refractivity contribution < 1.29 is 19.4 Å². The quantitative estimate of drug-likeness (QED) is 0.837. The Morgan fingerprint density at radius 2 is 2.05 bits per heavy atom. The minimum atomic E-state index is -1.07.